The summed E-state index contributed by atoms with van der Waals surface area (Å²) in [6.45, 7) is 7.85. The summed E-state index contributed by atoms with van der Waals surface area (Å²) in [7, 11) is 0. The number of amides is 5. The third-order valence-corrected chi connectivity index (χ3v) is 10.7. The standard InChI is InChI=1S/C36H53N7O6/c1-5-10-25(29(44)34(48)39-23-15-16-23)40-33(47)28-24-14-9-13-22(24)20-43(28)35(49)30(36(2,3)4)42-32(46)27(21-11-7-6-8-12-21)41-31(45)26-19-37-17-18-38-26/h17-19,21-25,27-28,30H,5-16,20H2,1-4H3,(H,39,48)(H,40,47)(H,41,45)(H,42,46)/t22-,24+,25-,27-,28+,30+/m1/s1. The fraction of sp³-hybridized carbons (Fsp3) is 0.722. The zero-order chi connectivity index (χ0) is 35.3. The van der Waals surface area contributed by atoms with Crippen molar-refractivity contribution in [1.82, 2.24) is 36.1 Å². The molecule has 0 spiro atoms. The van der Waals surface area contributed by atoms with Crippen molar-refractivity contribution >= 4 is 35.3 Å². The van der Waals surface area contributed by atoms with Gasteiger partial charge in [0.25, 0.3) is 11.8 Å². The van der Waals surface area contributed by atoms with Crippen molar-refractivity contribution in [2.75, 3.05) is 6.54 Å². The fourth-order valence-corrected chi connectivity index (χ4v) is 7.87. The molecule has 5 rings (SSSR count). The molecule has 13 nitrogen and oxygen atoms in total. The highest BCUT2D eigenvalue weighted by atomic mass is 16.2. The van der Waals surface area contributed by atoms with Crippen molar-refractivity contribution in [3.8, 4) is 0 Å². The second-order valence-electron chi connectivity index (χ2n) is 15.5. The van der Waals surface area contributed by atoms with Gasteiger partial charge in [-0.15, -0.1) is 0 Å². The Kier molecular flexibility index (Phi) is 11.7. The van der Waals surface area contributed by atoms with Crippen molar-refractivity contribution in [1.29, 1.82) is 0 Å². The normalized spacial score (nSPS) is 24.2. The van der Waals surface area contributed by atoms with Crippen LogP contribution in [-0.2, 0) is 24.0 Å². The minimum Gasteiger partial charge on any atom is -0.347 e. The van der Waals surface area contributed by atoms with Crippen molar-refractivity contribution in [2.24, 2.45) is 23.2 Å². The highest BCUT2D eigenvalue weighted by Crippen LogP contribution is 2.43. The van der Waals surface area contributed by atoms with E-state index in [9.17, 15) is 28.8 Å². The van der Waals surface area contributed by atoms with Crippen molar-refractivity contribution in [3.63, 3.8) is 0 Å². The average molecular weight is 680 g/mol. The minimum atomic E-state index is -0.994. The Labute approximate surface area is 288 Å². The summed E-state index contributed by atoms with van der Waals surface area (Å²) in [6, 6.07) is -3.68. The molecule has 6 atom stereocenters. The third-order valence-electron chi connectivity index (χ3n) is 10.7. The van der Waals surface area contributed by atoms with Crippen LogP contribution in [0.2, 0.25) is 0 Å². The zero-order valence-corrected chi connectivity index (χ0v) is 29.3. The summed E-state index contributed by atoms with van der Waals surface area (Å²) < 4.78 is 0. The quantitative estimate of drug-likeness (QED) is 0.230. The van der Waals surface area contributed by atoms with Crippen LogP contribution in [0, 0.1) is 23.2 Å². The monoisotopic (exact) mass is 679 g/mol. The van der Waals surface area contributed by atoms with Crippen molar-refractivity contribution < 1.29 is 28.8 Å². The lowest BCUT2D eigenvalue weighted by Crippen LogP contribution is -2.62. The van der Waals surface area contributed by atoms with Gasteiger partial charge < -0.3 is 26.2 Å². The van der Waals surface area contributed by atoms with Crippen LogP contribution in [0.5, 0.6) is 0 Å². The van der Waals surface area contributed by atoms with E-state index in [0.717, 1.165) is 64.2 Å². The maximum Gasteiger partial charge on any atom is 0.289 e. The Bertz CT molecular complexity index is 1390. The summed E-state index contributed by atoms with van der Waals surface area (Å²) in [5.41, 5.74) is -0.638. The van der Waals surface area contributed by atoms with Gasteiger partial charge in [-0.3, -0.25) is 33.8 Å². The predicted octanol–water partition coefficient (Wildman–Crippen LogP) is 2.45. The predicted molar refractivity (Wildman–Crippen MR) is 181 cm³/mol. The number of nitrogens with zero attached hydrogens (tertiary/aromatic N) is 3. The van der Waals surface area contributed by atoms with Crippen LogP contribution in [0.25, 0.3) is 0 Å². The number of carbonyl (C=O) groups is 6. The molecule has 0 radical (unpaired) electrons. The number of Topliss-reactive ketones (excluding diaryl/α,β-unsaturated/α-hetero) is 1. The summed E-state index contributed by atoms with van der Waals surface area (Å²) in [5.74, 6) is -3.20. The van der Waals surface area contributed by atoms with Crippen LogP contribution in [-0.4, -0.2) is 86.9 Å². The molecule has 1 aliphatic heterocycles. The van der Waals surface area contributed by atoms with E-state index >= 15 is 0 Å². The van der Waals surface area contributed by atoms with Crippen molar-refractivity contribution in [3.05, 3.63) is 24.3 Å². The highest BCUT2D eigenvalue weighted by molar-refractivity contribution is 6.38. The highest BCUT2D eigenvalue weighted by Gasteiger charge is 2.52. The lowest BCUT2D eigenvalue weighted by atomic mass is 9.82. The van der Waals surface area contributed by atoms with E-state index in [4.69, 9.17) is 0 Å². The summed E-state index contributed by atoms with van der Waals surface area (Å²) in [6.07, 6.45) is 13.9. The smallest absolute Gasteiger partial charge is 0.289 e. The number of fused-ring (bicyclic) bond motifs is 1. The van der Waals surface area contributed by atoms with Crippen LogP contribution in [0.1, 0.15) is 115 Å². The second kappa shape index (κ2) is 15.8. The lowest BCUT2D eigenvalue weighted by molar-refractivity contribution is -0.146. The Morgan fingerprint density at radius 2 is 1.63 bits per heavy atom. The first-order valence-electron chi connectivity index (χ1n) is 18.2. The average Bonchev–Trinajstić information content (AvgIpc) is 3.65. The number of hydrogen-bond acceptors (Lipinski definition) is 8. The molecule has 5 amide bonds. The van der Waals surface area contributed by atoms with Gasteiger partial charge in [0.2, 0.25) is 23.5 Å². The molecule has 49 heavy (non-hydrogen) atoms. The van der Waals surface area contributed by atoms with E-state index in [1.807, 2.05) is 27.7 Å². The molecule has 13 heteroatoms. The van der Waals surface area contributed by atoms with Gasteiger partial charge in [0.05, 0.1) is 12.2 Å². The Morgan fingerprint density at radius 1 is 0.898 bits per heavy atom. The van der Waals surface area contributed by atoms with Crippen LogP contribution in [0.4, 0.5) is 0 Å². The van der Waals surface area contributed by atoms with Crippen LogP contribution in [0.15, 0.2) is 18.6 Å². The molecule has 4 aliphatic rings. The number of carbonyl (C=O) groups excluding carboxylic acids is 6. The largest absolute Gasteiger partial charge is 0.347 e. The van der Waals surface area contributed by atoms with Gasteiger partial charge in [-0.2, -0.15) is 0 Å². The zero-order valence-electron chi connectivity index (χ0n) is 29.3. The van der Waals surface area contributed by atoms with Gasteiger partial charge >= 0.3 is 0 Å². The van der Waals surface area contributed by atoms with Crippen molar-refractivity contribution in [2.45, 2.75) is 135 Å². The van der Waals surface area contributed by atoms with Gasteiger partial charge in [-0.1, -0.05) is 59.8 Å². The molecule has 268 valence electrons. The van der Waals surface area contributed by atoms with E-state index in [-0.39, 0.29) is 35.4 Å². The Hall–Kier alpha value is -3.90. The molecule has 1 aromatic heterocycles. The number of nitrogens with one attached hydrogen (secondary N) is 4. The fourth-order valence-electron chi connectivity index (χ4n) is 7.87. The SMILES string of the molecule is CCC[C@@H](NC(=O)[C@@H]1[C@H]2CCC[C@@H]2CN1C(=O)[C@H](NC(=O)[C@H](NC(=O)c1cnccn1)C1CCCCC1)C(C)(C)C)C(=O)C(=O)NC1CC1. The summed E-state index contributed by atoms with van der Waals surface area (Å²) >= 11 is 0. The van der Waals surface area contributed by atoms with Gasteiger partial charge in [-0.25, -0.2) is 4.98 Å². The van der Waals surface area contributed by atoms with Crippen LogP contribution in [0.3, 0.4) is 0 Å². The molecule has 1 aromatic rings. The molecule has 2 heterocycles. The van der Waals surface area contributed by atoms with E-state index in [1.165, 1.54) is 18.6 Å². The van der Waals surface area contributed by atoms with E-state index in [0.29, 0.717) is 19.4 Å². The van der Waals surface area contributed by atoms with Gasteiger partial charge in [0.1, 0.15) is 23.8 Å². The topological polar surface area (TPSA) is 180 Å². The molecule has 0 bridgehead atoms. The van der Waals surface area contributed by atoms with Gasteiger partial charge in [0, 0.05) is 25.0 Å². The molecule has 3 aliphatic carbocycles. The first-order chi connectivity index (χ1) is 23.4. The first-order valence-corrected chi connectivity index (χ1v) is 18.2. The Morgan fingerprint density at radius 3 is 2.27 bits per heavy atom. The van der Waals surface area contributed by atoms with E-state index < -0.39 is 59.0 Å². The maximum absolute atomic E-state index is 14.6. The number of hydrogen-bond donors (Lipinski definition) is 4. The molecule has 4 N–H and O–H groups in total. The van der Waals surface area contributed by atoms with E-state index in [2.05, 4.69) is 31.2 Å². The maximum atomic E-state index is 14.6. The number of ketones is 1. The van der Waals surface area contributed by atoms with Gasteiger partial charge in [-0.05, 0) is 68.1 Å². The molecule has 1 saturated heterocycles. The number of likely N-dealkylation sites (tertiary alicyclic amines) is 1. The number of aromatic nitrogens is 2. The lowest BCUT2D eigenvalue weighted by Gasteiger charge is -2.38. The molecule has 4 fully saturated rings. The summed E-state index contributed by atoms with van der Waals surface area (Å²) in [4.78, 5) is 91.4. The summed E-state index contributed by atoms with van der Waals surface area (Å²) in [5, 5.41) is 11.5. The molecular weight excluding hydrogens is 626 g/mol. The first kappa shape index (κ1) is 36.4. The molecule has 3 saturated carbocycles. The molecule has 0 unspecified atom stereocenters. The van der Waals surface area contributed by atoms with E-state index in [1.54, 1.807) is 4.90 Å². The molecular formula is C36H53N7O6. The Balaban J connectivity index is 1.36. The van der Waals surface area contributed by atoms with Crippen LogP contribution < -0.4 is 21.3 Å². The minimum absolute atomic E-state index is 0.0132. The van der Waals surface area contributed by atoms with Crippen LogP contribution >= 0.6 is 0 Å². The van der Waals surface area contributed by atoms with Gasteiger partial charge in [0.15, 0.2) is 0 Å². The molecule has 0 aromatic carbocycles. The number of rotatable bonds is 13. The third kappa shape index (κ3) is 8.83. The second-order valence-corrected chi connectivity index (χ2v) is 15.5.